The van der Waals surface area contributed by atoms with Gasteiger partial charge in [0.25, 0.3) is 0 Å². The summed E-state index contributed by atoms with van der Waals surface area (Å²) in [6.45, 7) is 1.67. The first-order valence-corrected chi connectivity index (χ1v) is 5.68. The summed E-state index contributed by atoms with van der Waals surface area (Å²) >= 11 is 0. The van der Waals surface area contributed by atoms with Crippen molar-refractivity contribution >= 4 is 17.5 Å². The number of carboxylic acid groups (broad SMARTS) is 1. The molecule has 0 amide bonds. The summed E-state index contributed by atoms with van der Waals surface area (Å²) in [5.41, 5.74) is 0.996. The minimum absolute atomic E-state index is 0.0962. The largest absolute Gasteiger partial charge is 0.478 e. The van der Waals surface area contributed by atoms with Gasteiger partial charge < -0.3 is 10.4 Å². The Bertz CT molecular complexity index is 723. The second-order valence-electron chi connectivity index (χ2n) is 4.12. The van der Waals surface area contributed by atoms with Crippen LogP contribution in [0.25, 0.3) is 0 Å². The molecule has 0 atom stereocenters. The molecule has 0 bridgehead atoms. The number of halogens is 1. The van der Waals surface area contributed by atoms with Gasteiger partial charge in [-0.2, -0.15) is 5.26 Å². The van der Waals surface area contributed by atoms with Crippen molar-refractivity contribution in [1.29, 1.82) is 5.26 Å². The zero-order valence-corrected chi connectivity index (χ0v) is 10.5. The molecular weight excluding hydrogens is 261 g/mol. The number of benzene rings is 1. The van der Waals surface area contributed by atoms with Crippen LogP contribution in [0.5, 0.6) is 0 Å². The van der Waals surface area contributed by atoms with Gasteiger partial charge in [-0.15, -0.1) is 0 Å². The van der Waals surface area contributed by atoms with E-state index in [9.17, 15) is 9.18 Å². The predicted molar refractivity (Wildman–Crippen MR) is 70.3 cm³/mol. The first kappa shape index (κ1) is 13.5. The molecule has 6 heteroatoms. The van der Waals surface area contributed by atoms with Gasteiger partial charge >= 0.3 is 5.97 Å². The summed E-state index contributed by atoms with van der Waals surface area (Å²) in [4.78, 5) is 15.1. The van der Waals surface area contributed by atoms with Crippen LogP contribution < -0.4 is 5.32 Å². The summed E-state index contributed by atoms with van der Waals surface area (Å²) < 4.78 is 13.2. The first-order valence-electron chi connectivity index (χ1n) is 5.68. The second-order valence-corrected chi connectivity index (χ2v) is 4.12. The number of anilines is 2. The van der Waals surface area contributed by atoms with E-state index in [1.165, 1.54) is 24.3 Å². The van der Waals surface area contributed by atoms with Crippen molar-refractivity contribution in [2.24, 2.45) is 0 Å². The van der Waals surface area contributed by atoms with Gasteiger partial charge in [0.1, 0.15) is 17.7 Å². The van der Waals surface area contributed by atoms with Crippen molar-refractivity contribution < 1.29 is 14.3 Å². The van der Waals surface area contributed by atoms with Crippen molar-refractivity contribution in [2.45, 2.75) is 6.92 Å². The Kier molecular flexibility index (Phi) is 3.62. The summed E-state index contributed by atoms with van der Waals surface area (Å²) in [7, 11) is 0. The molecular formula is C14H10FN3O2. The number of pyridine rings is 1. The van der Waals surface area contributed by atoms with Gasteiger partial charge in [-0.05, 0) is 37.3 Å². The molecule has 0 unspecified atom stereocenters. The number of carboxylic acids is 1. The summed E-state index contributed by atoms with van der Waals surface area (Å²) in [6, 6.07) is 8.48. The van der Waals surface area contributed by atoms with E-state index in [0.29, 0.717) is 17.2 Å². The molecule has 1 aromatic carbocycles. The molecule has 2 N–H and O–H groups in total. The number of carbonyl (C=O) groups is 1. The number of nitriles is 1. The van der Waals surface area contributed by atoms with E-state index < -0.39 is 11.8 Å². The molecule has 2 rings (SSSR count). The fourth-order valence-corrected chi connectivity index (χ4v) is 1.69. The molecule has 100 valence electrons. The molecule has 5 nitrogen and oxygen atoms in total. The van der Waals surface area contributed by atoms with Crippen LogP contribution in [0.1, 0.15) is 21.6 Å². The molecule has 1 aromatic heterocycles. The number of hydrogen-bond acceptors (Lipinski definition) is 4. The molecule has 0 aliphatic carbocycles. The first-order chi connectivity index (χ1) is 9.49. The molecule has 2 aromatic rings. The monoisotopic (exact) mass is 271 g/mol. The van der Waals surface area contributed by atoms with Crippen LogP contribution in [-0.2, 0) is 0 Å². The number of aromatic nitrogens is 1. The highest BCUT2D eigenvalue weighted by Crippen LogP contribution is 2.19. The Balaban J connectivity index is 2.35. The van der Waals surface area contributed by atoms with Crippen LogP contribution in [0.4, 0.5) is 15.9 Å². The number of aryl methyl sites for hydroxylation is 1. The Morgan fingerprint density at radius 2 is 2.15 bits per heavy atom. The molecule has 20 heavy (non-hydrogen) atoms. The smallest absolute Gasteiger partial charge is 0.335 e. The number of nitrogens with zero attached hydrogens (tertiary/aromatic N) is 2. The third-order valence-electron chi connectivity index (χ3n) is 2.56. The van der Waals surface area contributed by atoms with Crippen molar-refractivity contribution in [3.63, 3.8) is 0 Å². The maximum atomic E-state index is 13.2. The van der Waals surface area contributed by atoms with E-state index in [4.69, 9.17) is 10.4 Å². The van der Waals surface area contributed by atoms with Crippen molar-refractivity contribution in [3.8, 4) is 6.07 Å². The number of nitrogens with one attached hydrogen (secondary N) is 1. The topological polar surface area (TPSA) is 86.0 Å². The predicted octanol–water partition coefficient (Wildman–Crippen LogP) is 2.84. The molecule has 0 saturated carbocycles. The summed E-state index contributed by atoms with van der Waals surface area (Å²) in [5, 5.41) is 20.6. The van der Waals surface area contributed by atoms with Crippen LogP contribution in [0.2, 0.25) is 0 Å². The lowest BCUT2D eigenvalue weighted by atomic mass is 10.2. The average molecular weight is 271 g/mol. The molecule has 0 aliphatic rings. The van der Waals surface area contributed by atoms with Gasteiger partial charge in [0.2, 0.25) is 0 Å². The van der Waals surface area contributed by atoms with E-state index >= 15 is 0 Å². The van der Waals surface area contributed by atoms with Crippen LogP contribution in [0.15, 0.2) is 30.3 Å². The Labute approximate surface area is 114 Å². The number of aromatic carboxylic acids is 1. The number of rotatable bonds is 3. The summed E-state index contributed by atoms with van der Waals surface area (Å²) in [6.07, 6.45) is 0. The molecule has 0 spiro atoms. The fourth-order valence-electron chi connectivity index (χ4n) is 1.69. The highest BCUT2D eigenvalue weighted by atomic mass is 19.1. The third-order valence-corrected chi connectivity index (χ3v) is 2.56. The quantitative estimate of drug-likeness (QED) is 0.896. The zero-order chi connectivity index (χ0) is 14.7. The lowest BCUT2D eigenvalue weighted by Gasteiger charge is -2.08. The zero-order valence-electron chi connectivity index (χ0n) is 10.5. The van der Waals surface area contributed by atoms with Crippen LogP contribution in [0, 0.1) is 24.1 Å². The molecule has 0 fully saturated rings. The third kappa shape index (κ3) is 2.90. The molecule has 1 heterocycles. The van der Waals surface area contributed by atoms with Crippen LogP contribution >= 0.6 is 0 Å². The van der Waals surface area contributed by atoms with Crippen LogP contribution in [0.3, 0.4) is 0 Å². The minimum atomic E-state index is -1.06. The van der Waals surface area contributed by atoms with Crippen LogP contribution in [-0.4, -0.2) is 16.1 Å². The highest BCUT2D eigenvalue weighted by Gasteiger charge is 2.08. The van der Waals surface area contributed by atoms with Gasteiger partial charge in [0.05, 0.1) is 11.1 Å². The van der Waals surface area contributed by atoms with Crippen molar-refractivity contribution in [1.82, 2.24) is 4.98 Å². The van der Waals surface area contributed by atoms with Gasteiger partial charge in [-0.3, -0.25) is 0 Å². The lowest BCUT2D eigenvalue weighted by Crippen LogP contribution is -2.02. The average Bonchev–Trinajstić information content (AvgIpc) is 2.40. The Hall–Kier alpha value is -2.94. The van der Waals surface area contributed by atoms with Crippen molar-refractivity contribution in [3.05, 3.63) is 53.0 Å². The van der Waals surface area contributed by atoms with Gasteiger partial charge in [-0.25, -0.2) is 14.2 Å². The van der Waals surface area contributed by atoms with E-state index in [1.807, 2.05) is 0 Å². The normalized spacial score (nSPS) is 9.85. The molecule has 0 radical (unpaired) electrons. The molecule has 0 aliphatic heterocycles. The lowest BCUT2D eigenvalue weighted by molar-refractivity contribution is 0.0696. The van der Waals surface area contributed by atoms with Gasteiger partial charge in [0.15, 0.2) is 0 Å². The van der Waals surface area contributed by atoms with Gasteiger partial charge in [-0.1, -0.05) is 0 Å². The van der Waals surface area contributed by atoms with Gasteiger partial charge in [0, 0.05) is 11.4 Å². The van der Waals surface area contributed by atoms with E-state index in [2.05, 4.69) is 10.3 Å². The van der Waals surface area contributed by atoms with E-state index in [1.54, 1.807) is 13.0 Å². The Morgan fingerprint density at radius 3 is 2.80 bits per heavy atom. The standard InChI is InChI=1S/C14H10FN3O2/c1-8-4-9(14(19)20)6-13(17-8)18-11-2-3-12(15)10(5-11)7-16/h2-6H,1H3,(H,17,18)(H,19,20). The van der Waals surface area contributed by atoms with E-state index in [-0.39, 0.29) is 11.1 Å². The summed E-state index contributed by atoms with van der Waals surface area (Å²) in [5.74, 6) is -1.35. The SMILES string of the molecule is Cc1cc(C(=O)O)cc(Nc2ccc(F)c(C#N)c2)n1. The Morgan fingerprint density at radius 1 is 1.40 bits per heavy atom. The number of hydrogen-bond donors (Lipinski definition) is 2. The van der Waals surface area contributed by atoms with Crippen molar-refractivity contribution in [2.75, 3.05) is 5.32 Å². The second kappa shape index (κ2) is 5.36. The minimum Gasteiger partial charge on any atom is -0.478 e. The maximum absolute atomic E-state index is 13.2. The highest BCUT2D eigenvalue weighted by molar-refractivity contribution is 5.88. The fraction of sp³-hybridized carbons (Fsp3) is 0.0714. The van der Waals surface area contributed by atoms with E-state index in [0.717, 1.165) is 6.07 Å². The maximum Gasteiger partial charge on any atom is 0.335 e. The molecule has 0 saturated heterocycles.